The molecule has 0 aromatic carbocycles. The third-order valence-corrected chi connectivity index (χ3v) is 1.09. The van der Waals surface area contributed by atoms with Gasteiger partial charge in [0.1, 0.15) is 0 Å². The Morgan fingerprint density at radius 2 is 2.40 bits per heavy atom. The van der Waals surface area contributed by atoms with Crippen molar-refractivity contribution < 1.29 is 0 Å². The van der Waals surface area contributed by atoms with E-state index in [2.05, 4.69) is 15.5 Å². The summed E-state index contributed by atoms with van der Waals surface area (Å²) in [6.45, 7) is 3.47. The third-order valence-electron chi connectivity index (χ3n) is 0.191. The first-order valence-corrected chi connectivity index (χ1v) is 3.84. The minimum absolute atomic E-state index is 1.20. The van der Waals surface area contributed by atoms with Crippen LogP contribution in [0, 0.1) is 0 Å². The summed E-state index contributed by atoms with van der Waals surface area (Å²) in [5.41, 5.74) is 0. The van der Waals surface area contributed by atoms with E-state index in [1.54, 1.807) is 6.08 Å². The van der Waals surface area contributed by atoms with Gasteiger partial charge in [-0.25, -0.2) is 0 Å². The lowest BCUT2D eigenvalue weighted by Gasteiger charge is -1.55. The Labute approximate surface area is 36.2 Å². The van der Waals surface area contributed by atoms with Crippen LogP contribution in [-0.4, -0.2) is 5.80 Å². The molecule has 0 aliphatic rings. The Hall–Kier alpha value is 0.340. The molecule has 0 spiro atoms. The summed E-state index contributed by atoms with van der Waals surface area (Å²) in [6, 6.07) is 0. The molecule has 5 heavy (non-hydrogen) atoms. The van der Waals surface area contributed by atoms with Crippen LogP contribution in [0.2, 0.25) is 0 Å². The van der Waals surface area contributed by atoms with Crippen LogP contribution in [0.25, 0.3) is 0 Å². The van der Waals surface area contributed by atoms with Gasteiger partial charge in [0.25, 0.3) is 0 Å². The summed E-state index contributed by atoms with van der Waals surface area (Å²) in [6.07, 6.45) is 1.77. The van der Waals surface area contributed by atoms with Gasteiger partial charge < -0.3 is 0 Å². The van der Waals surface area contributed by atoms with Crippen molar-refractivity contribution in [3.63, 3.8) is 0 Å². The molecular formula is C3H6P2. The highest BCUT2D eigenvalue weighted by atomic mass is 32.0. The summed E-state index contributed by atoms with van der Waals surface area (Å²) in [7, 11) is 3.75. The van der Waals surface area contributed by atoms with Crippen LogP contribution in [0.5, 0.6) is 0 Å². The van der Waals surface area contributed by atoms with Gasteiger partial charge >= 0.3 is 0 Å². The van der Waals surface area contributed by atoms with Crippen molar-refractivity contribution in [3.8, 4) is 0 Å². The number of rotatable bonds is 1. The van der Waals surface area contributed by atoms with E-state index in [4.69, 9.17) is 0 Å². The Bertz CT molecular complexity index is 46.9. The zero-order chi connectivity index (χ0) is 4.12. The molecule has 0 rings (SSSR count). The molecule has 2 heteroatoms. The molecule has 1 atom stereocenters. The van der Waals surface area contributed by atoms with Crippen molar-refractivity contribution in [1.29, 1.82) is 0 Å². The fourth-order valence-corrected chi connectivity index (χ4v) is 0.548. The third kappa shape index (κ3) is 4.34. The Morgan fingerprint density at radius 1 is 1.80 bits per heavy atom. The monoisotopic (exact) mass is 104 g/mol. The maximum atomic E-state index is 3.47. The van der Waals surface area contributed by atoms with Crippen LogP contribution in [0.3, 0.4) is 0 Å². The van der Waals surface area contributed by atoms with E-state index in [9.17, 15) is 0 Å². The van der Waals surface area contributed by atoms with E-state index in [0.29, 0.717) is 0 Å². The van der Waals surface area contributed by atoms with E-state index < -0.39 is 0 Å². The molecule has 0 saturated carbocycles. The lowest BCUT2D eigenvalue weighted by molar-refractivity contribution is 2.56. The largest absolute Gasteiger partial charge is 0.0987 e. The molecule has 28 valence electrons. The first-order chi connectivity index (χ1) is 2.41. The van der Waals surface area contributed by atoms with Gasteiger partial charge in [-0.3, -0.25) is 0 Å². The maximum absolute atomic E-state index is 3.47. The van der Waals surface area contributed by atoms with Gasteiger partial charge in [0.05, 0.1) is 0 Å². The van der Waals surface area contributed by atoms with Gasteiger partial charge in [-0.15, -0.1) is 0 Å². The van der Waals surface area contributed by atoms with Crippen LogP contribution < -0.4 is 0 Å². The molecule has 0 heterocycles. The van der Waals surface area contributed by atoms with E-state index in [0.717, 1.165) is 0 Å². The second-order valence-corrected chi connectivity index (χ2v) is 2.02. The molecule has 0 fully saturated rings. The first-order valence-electron chi connectivity index (χ1n) is 1.26. The van der Waals surface area contributed by atoms with E-state index in [-0.39, 0.29) is 0 Å². The Kier molecular flexibility index (Phi) is 4.64. The SMILES string of the molecule is C=CC=PP. The highest BCUT2D eigenvalue weighted by Gasteiger charge is 1.42. The minimum Gasteiger partial charge on any atom is -0.0987 e. The van der Waals surface area contributed by atoms with Crippen LogP contribution in [0.4, 0.5) is 0 Å². The van der Waals surface area contributed by atoms with E-state index >= 15 is 0 Å². The molecule has 0 nitrogen and oxygen atoms in total. The fraction of sp³-hybridized carbons (Fsp3) is 0. The van der Waals surface area contributed by atoms with Gasteiger partial charge in [0.15, 0.2) is 0 Å². The summed E-state index contributed by atoms with van der Waals surface area (Å²) in [5.74, 6) is 1.95. The van der Waals surface area contributed by atoms with Gasteiger partial charge in [-0.1, -0.05) is 29.5 Å². The molecule has 0 aliphatic heterocycles. The van der Waals surface area contributed by atoms with Gasteiger partial charge in [0.2, 0.25) is 0 Å². The van der Waals surface area contributed by atoms with Crippen LogP contribution >= 0.6 is 16.8 Å². The molecule has 0 bridgehead atoms. The second kappa shape index (κ2) is 4.34. The molecule has 1 unspecified atom stereocenters. The second-order valence-electron chi connectivity index (χ2n) is 0.534. The smallest absolute Gasteiger partial charge is 0.0356 e. The average molecular weight is 104 g/mol. The summed E-state index contributed by atoms with van der Waals surface area (Å²) in [4.78, 5) is 0. The summed E-state index contributed by atoms with van der Waals surface area (Å²) in [5, 5.41) is 0. The fourth-order valence-electron chi connectivity index (χ4n) is 0.0609. The Balaban J connectivity index is 2.92. The average Bonchev–Trinajstić information content (AvgIpc) is 1.41. The zero-order valence-electron chi connectivity index (χ0n) is 2.89. The molecule has 0 N–H and O–H groups in total. The maximum Gasteiger partial charge on any atom is -0.0356 e. The molecule has 0 radical (unpaired) electrons. The molecule has 0 saturated heterocycles. The van der Waals surface area contributed by atoms with Crippen molar-refractivity contribution in [3.05, 3.63) is 12.7 Å². The highest BCUT2D eigenvalue weighted by molar-refractivity contribution is 8.01. The zero-order valence-corrected chi connectivity index (χ0v) is 4.94. The van der Waals surface area contributed by atoms with Crippen LogP contribution in [0.1, 0.15) is 0 Å². The van der Waals surface area contributed by atoms with E-state index in [1.807, 2.05) is 5.80 Å². The number of hydrogen-bond acceptors (Lipinski definition) is 0. The first kappa shape index (κ1) is 5.34. The van der Waals surface area contributed by atoms with E-state index in [1.165, 1.54) is 7.89 Å². The summed E-state index contributed by atoms with van der Waals surface area (Å²) >= 11 is 0. The highest BCUT2D eigenvalue weighted by Crippen LogP contribution is 2.02. The molecule has 0 aliphatic carbocycles. The standard InChI is InChI=1S/C3H6P2/c1-2-3-5-4/h2-3H,1,4H2. The molecule has 0 aromatic rings. The van der Waals surface area contributed by atoms with Crippen molar-refractivity contribution >= 4 is 22.6 Å². The predicted octanol–water partition coefficient (Wildman–Crippen LogP) is 1.71. The van der Waals surface area contributed by atoms with Gasteiger partial charge in [0, 0.05) is 0 Å². The minimum atomic E-state index is 1.20. The number of allylic oxidation sites excluding steroid dienone is 1. The van der Waals surface area contributed by atoms with Gasteiger partial charge in [-0.2, -0.15) is 0 Å². The Morgan fingerprint density at radius 3 is 2.40 bits per heavy atom. The lowest BCUT2D eigenvalue weighted by Crippen LogP contribution is -1.38. The molecular weight excluding hydrogens is 98.0 g/mol. The lowest BCUT2D eigenvalue weighted by atomic mass is 10.8. The van der Waals surface area contributed by atoms with Gasteiger partial charge in [-0.05, 0) is 5.80 Å². The normalized spacial score (nSPS) is 9.00. The topological polar surface area (TPSA) is 0 Å². The van der Waals surface area contributed by atoms with Crippen molar-refractivity contribution in [2.75, 3.05) is 0 Å². The van der Waals surface area contributed by atoms with Crippen LogP contribution in [0.15, 0.2) is 12.7 Å². The quantitative estimate of drug-likeness (QED) is 0.444. The van der Waals surface area contributed by atoms with Crippen molar-refractivity contribution in [2.45, 2.75) is 0 Å². The summed E-state index contributed by atoms with van der Waals surface area (Å²) < 4.78 is 0. The van der Waals surface area contributed by atoms with Crippen LogP contribution in [-0.2, 0) is 0 Å². The predicted molar refractivity (Wildman–Crippen MR) is 32.9 cm³/mol. The molecule has 0 amide bonds. The number of hydrogen-bond donors (Lipinski definition) is 0. The van der Waals surface area contributed by atoms with Crippen molar-refractivity contribution in [1.82, 2.24) is 0 Å². The molecule has 0 aromatic heterocycles. The van der Waals surface area contributed by atoms with Crippen molar-refractivity contribution in [2.24, 2.45) is 0 Å².